The molecule has 0 saturated carbocycles. The van der Waals surface area contributed by atoms with E-state index >= 15 is 0 Å². The molecule has 9 nitrogen and oxygen atoms in total. The summed E-state index contributed by atoms with van der Waals surface area (Å²) >= 11 is 1.44. The van der Waals surface area contributed by atoms with Gasteiger partial charge in [-0.3, -0.25) is 24.1 Å². The molecule has 2 heterocycles. The van der Waals surface area contributed by atoms with Crippen molar-refractivity contribution in [1.29, 1.82) is 0 Å². The van der Waals surface area contributed by atoms with Crippen molar-refractivity contribution < 1.29 is 19.2 Å². The second-order valence-corrected chi connectivity index (χ2v) is 7.92. The van der Waals surface area contributed by atoms with E-state index in [2.05, 4.69) is 10.3 Å². The number of imidazole rings is 1. The van der Waals surface area contributed by atoms with Gasteiger partial charge in [0.2, 0.25) is 6.10 Å². The van der Waals surface area contributed by atoms with E-state index < -0.39 is 22.9 Å². The summed E-state index contributed by atoms with van der Waals surface area (Å²) in [5, 5.41) is 15.8. The van der Waals surface area contributed by atoms with Crippen LogP contribution in [0.3, 0.4) is 0 Å². The van der Waals surface area contributed by atoms with E-state index in [0.29, 0.717) is 16.8 Å². The number of esters is 1. The van der Waals surface area contributed by atoms with Crippen molar-refractivity contribution in [2.75, 3.05) is 5.32 Å². The molecule has 1 N–H and O–H groups in total. The quantitative estimate of drug-likeness (QED) is 0.258. The number of hydrogen-bond donors (Lipinski definition) is 1. The number of thiazole rings is 1. The highest BCUT2D eigenvalue weighted by atomic mass is 32.1. The molecule has 162 valence electrons. The number of anilines is 1. The molecule has 1 unspecified atom stereocenters. The number of nitrogens with zero attached hydrogens (tertiary/aromatic N) is 3. The molecule has 2 aromatic carbocycles. The molecule has 0 spiro atoms. The molecular formula is C22H18N4O5S. The smallest absolute Gasteiger partial charge is 0.313 e. The molecule has 0 radical (unpaired) electrons. The summed E-state index contributed by atoms with van der Waals surface area (Å²) in [5.74, 6) is -1.33. The molecule has 0 bridgehead atoms. The molecule has 32 heavy (non-hydrogen) atoms. The van der Waals surface area contributed by atoms with Gasteiger partial charge in [0.15, 0.2) is 4.96 Å². The molecule has 10 heteroatoms. The number of carbonyl (C=O) groups is 2. The summed E-state index contributed by atoms with van der Waals surface area (Å²) in [6.07, 6.45) is 2.15. The lowest BCUT2D eigenvalue weighted by Gasteiger charge is -2.18. The number of carbonyl (C=O) groups excluding carboxylic acids is 2. The molecule has 0 aliphatic rings. The fourth-order valence-corrected chi connectivity index (χ4v) is 3.90. The minimum absolute atomic E-state index is 0.0249. The van der Waals surface area contributed by atoms with Crippen LogP contribution in [0.1, 0.15) is 22.9 Å². The summed E-state index contributed by atoms with van der Waals surface area (Å²) in [5.41, 5.74) is 1.43. The third-order valence-corrected chi connectivity index (χ3v) is 5.44. The Kier molecular flexibility index (Phi) is 5.95. The minimum atomic E-state index is -1.28. The van der Waals surface area contributed by atoms with E-state index in [0.717, 1.165) is 4.96 Å². The summed E-state index contributed by atoms with van der Waals surface area (Å²) in [6, 6.07) is 12.9. The number of aromatic nitrogens is 2. The average Bonchev–Trinajstić information content (AvgIpc) is 3.35. The van der Waals surface area contributed by atoms with Crippen LogP contribution in [0.4, 0.5) is 11.4 Å². The number of amides is 1. The number of fused-ring (bicyclic) bond motifs is 1. The predicted octanol–water partition coefficient (Wildman–Crippen LogP) is 4.08. The van der Waals surface area contributed by atoms with Crippen molar-refractivity contribution in [3.63, 3.8) is 0 Å². The number of ether oxygens (including phenoxy) is 1. The Morgan fingerprint density at radius 3 is 2.75 bits per heavy atom. The molecule has 0 aliphatic heterocycles. The van der Waals surface area contributed by atoms with Crippen molar-refractivity contribution in [3.05, 3.63) is 93.2 Å². The number of benzene rings is 2. The number of nitro groups is 1. The highest BCUT2D eigenvalue weighted by molar-refractivity contribution is 7.15. The van der Waals surface area contributed by atoms with Gasteiger partial charge in [0.05, 0.1) is 17.0 Å². The van der Waals surface area contributed by atoms with E-state index in [1.54, 1.807) is 53.9 Å². The van der Waals surface area contributed by atoms with Crippen molar-refractivity contribution >= 4 is 39.5 Å². The normalized spacial score (nSPS) is 11.8. The summed E-state index contributed by atoms with van der Waals surface area (Å²) < 4.78 is 7.30. The number of hydrogen-bond acceptors (Lipinski definition) is 7. The van der Waals surface area contributed by atoms with E-state index in [1.165, 1.54) is 23.5 Å². The lowest BCUT2D eigenvalue weighted by molar-refractivity contribution is -0.384. The van der Waals surface area contributed by atoms with Crippen LogP contribution in [-0.4, -0.2) is 26.2 Å². The first-order valence-corrected chi connectivity index (χ1v) is 10.5. The highest BCUT2D eigenvalue weighted by Crippen LogP contribution is 2.28. The van der Waals surface area contributed by atoms with E-state index in [4.69, 9.17) is 4.74 Å². The monoisotopic (exact) mass is 450 g/mol. The fraction of sp³-hybridized carbons (Fsp3) is 0.136. The maximum atomic E-state index is 13.0. The molecule has 0 aliphatic carbocycles. The van der Waals surface area contributed by atoms with Crippen LogP contribution in [0.25, 0.3) is 4.96 Å². The number of rotatable bonds is 7. The molecule has 0 saturated heterocycles. The number of aryl methyl sites for hydroxylation is 1. The van der Waals surface area contributed by atoms with Gasteiger partial charge >= 0.3 is 5.97 Å². The van der Waals surface area contributed by atoms with Crippen molar-refractivity contribution in [2.24, 2.45) is 0 Å². The highest BCUT2D eigenvalue weighted by Gasteiger charge is 2.27. The molecular weight excluding hydrogens is 432 g/mol. The molecule has 2 aromatic heterocycles. The molecule has 1 amide bonds. The Hall–Kier alpha value is -4.05. The van der Waals surface area contributed by atoms with Gasteiger partial charge in [0.1, 0.15) is 5.69 Å². The first-order chi connectivity index (χ1) is 15.4. The van der Waals surface area contributed by atoms with Crippen LogP contribution in [0, 0.1) is 17.0 Å². The van der Waals surface area contributed by atoms with Crippen molar-refractivity contribution in [3.8, 4) is 0 Å². The zero-order chi connectivity index (χ0) is 22.7. The van der Waals surface area contributed by atoms with Crippen molar-refractivity contribution in [2.45, 2.75) is 19.4 Å². The van der Waals surface area contributed by atoms with Gasteiger partial charge in [-0.25, -0.2) is 4.98 Å². The Morgan fingerprint density at radius 2 is 2.03 bits per heavy atom. The van der Waals surface area contributed by atoms with Crippen LogP contribution < -0.4 is 5.32 Å². The standard InChI is InChI=1S/C22H18N4O5S/c1-14-7-8-17(18(11-14)26(29)30)24-21(28)20(15-5-3-2-4-6-15)31-19(27)12-16-13-25-9-10-32-22(25)23-16/h2-11,13,20H,12H2,1H3,(H,24,28). The lowest BCUT2D eigenvalue weighted by Crippen LogP contribution is -2.26. The zero-order valence-electron chi connectivity index (χ0n) is 16.9. The van der Waals surface area contributed by atoms with Crippen molar-refractivity contribution in [1.82, 2.24) is 9.38 Å². The zero-order valence-corrected chi connectivity index (χ0v) is 17.7. The van der Waals surface area contributed by atoms with Crippen LogP contribution in [-0.2, 0) is 20.7 Å². The van der Waals surface area contributed by atoms with Gasteiger partial charge in [-0.05, 0) is 18.6 Å². The van der Waals surface area contributed by atoms with Gasteiger partial charge < -0.3 is 10.1 Å². The topological polar surface area (TPSA) is 116 Å². The average molecular weight is 450 g/mol. The van der Waals surface area contributed by atoms with Gasteiger partial charge in [0, 0.05) is 29.4 Å². The van der Waals surface area contributed by atoms with Gasteiger partial charge in [-0.1, -0.05) is 36.4 Å². The first kappa shape index (κ1) is 21.2. The summed E-state index contributed by atoms with van der Waals surface area (Å²) in [7, 11) is 0. The Bertz CT molecular complexity index is 1270. The van der Waals surface area contributed by atoms with Gasteiger partial charge in [-0.15, -0.1) is 11.3 Å². The Labute approximate surface area is 186 Å². The third-order valence-electron chi connectivity index (χ3n) is 4.67. The van der Waals surface area contributed by atoms with E-state index in [1.807, 2.05) is 11.6 Å². The van der Waals surface area contributed by atoms with E-state index in [9.17, 15) is 19.7 Å². The van der Waals surface area contributed by atoms with Crippen LogP contribution in [0.15, 0.2) is 66.3 Å². The maximum Gasteiger partial charge on any atom is 0.313 e. The van der Waals surface area contributed by atoms with Gasteiger partial charge in [-0.2, -0.15) is 0 Å². The second-order valence-electron chi connectivity index (χ2n) is 7.05. The maximum absolute atomic E-state index is 13.0. The molecule has 1 atom stereocenters. The van der Waals surface area contributed by atoms with Crippen LogP contribution >= 0.6 is 11.3 Å². The predicted molar refractivity (Wildman–Crippen MR) is 119 cm³/mol. The van der Waals surface area contributed by atoms with Crippen LogP contribution in [0.5, 0.6) is 0 Å². The summed E-state index contributed by atoms with van der Waals surface area (Å²) in [4.78, 5) is 41.6. The molecule has 4 rings (SSSR count). The van der Waals surface area contributed by atoms with Crippen LogP contribution in [0.2, 0.25) is 0 Å². The molecule has 0 fully saturated rings. The second kappa shape index (κ2) is 8.98. The first-order valence-electron chi connectivity index (χ1n) is 9.62. The van der Waals surface area contributed by atoms with E-state index in [-0.39, 0.29) is 17.8 Å². The number of nitro benzene ring substituents is 1. The van der Waals surface area contributed by atoms with Gasteiger partial charge in [0.25, 0.3) is 11.6 Å². The minimum Gasteiger partial charge on any atom is -0.447 e. The lowest BCUT2D eigenvalue weighted by atomic mass is 10.1. The molecule has 4 aromatic rings. The SMILES string of the molecule is Cc1ccc(NC(=O)C(OC(=O)Cc2cn3ccsc3n2)c2ccccc2)c([N+](=O)[O-])c1. The third kappa shape index (κ3) is 4.65. The Morgan fingerprint density at radius 1 is 1.25 bits per heavy atom. The number of nitrogens with one attached hydrogen (secondary N) is 1. The largest absolute Gasteiger partial charge is 0.447 e. The Balaban J connectivity index is 1.55. The summed E-state index contributed by atoms with van der Waals surface area (Å²) in [6.45, 7) is 1.72. The fourth-order valence-electron chi connectivity index (χ4n) is 3.18.